The van der Waals surface area contributed by atoms with E-state index in [0.717, 1.165) is 4.90 Å². The summed E-state index contributed by atoms with van der Waals surface area (Å²) in [6, 6.07) is 4.48. The molecule has 2 N–H and O–H groups in total. The molecule has 1 rings (SSSR count). The molecule has 6 heteroatoms. The number of nitrogens with zero attached hydrogens (tertiary/aromatic N) is 1. The van der Waals surface area contributed by atoms with E-state index in [1.807, 2.05) is 0 Å². The maximum absolute atomic E-state index is 11.6. The van der Waals surface area contributed by atoms with Crippen molar-refractivity contribution >= 4 is 12.1 Å². The Kier molecular flexibility index (Phi) is 4.93. The Morgan fingerprint density at radius 2 is 2.21 bits per heavy atom. The summed E-state index contributed by atoms with van der Waals surface area (Å²) in [4.78, 5) is 23.9. The zero-order valence-electron chi connectivity index (χ0n) is 10.4. The molecule has 0 saturated carbocycles. The van der Waals surface area contributed by atoms with Gasteiger partial charge in [0.05, 0.1) is 0 Å². The summed E-state index contributed by atoms with van der Waals surface area (Å²) >= 11 is 0. The molecule has 0 bridgehead atoms. The van der Waals surface area contributed by atoms with Gasteiger partial charge in [0, 0.05) is 7.05 Å². The van der Waals surface area contributed by atoms with Crippen molar-refractivity contribution in [1.29, 1.82) is 0 Å². The van der Waals surface area contributed by atoms with E-state index in [9.17, 15) is 19.8 Å². The van der Waals surface area contributed by atoms with Crippen molar-refractivity contribution in [1.82, 2.24) is 4.90 Å². The summed E-state index contributed by atoms with van der Waals surface area (Å²) in [5.41, 5.74) is 0.283. The van der Waals surface area contributed by atoms with Gasteiger partial charge in [0.2, 0.25) is 0 Å². The first-order valence-corrected chi connectivity index (χ1v) is 5.49. The van der Waals surface area contributed by atoms with Crippen molar-refractivity contribution in [3.8, 4) is 5.75 Å². The van der Waals surface area contributed by atoms with Crippen molar-refractivity contribution in [2.24, 2.45) is 0 Å². The van der Waals surface area contributed by atoms with E-state index in [1.165, 1.54) is 37.4 Å². The molecule has 0 spiro atoms. The number of phenols is 1. The summed E-state index contributed by atoms with van der Waals surface area (Å²) in [6.07, 6.45) is 0.603. The second kappa shape index (κ2) is 6.44. The smallest absolute Gasteiger partial charge is 0.410 e. The molecule has 1 atom stereocenters. The lowest BCUT2D eigenvalue weighted by Crippen LogP contribution is -2.36. The zero-order chi connectivity index (χ0) is 14.4. The van der Waals surface area contributed by atoms with Crippen LogP contribution in [0.3, 0.4) is 0 Å². The third kappa shape index (κ3) is 3.74. The van der Waals surface area contributed by atoms with Crippen LogP contribution in [-0.4, -0.2) is 40.8 Å². The number of amides is 1. The number of carbonyl (C=O) groups excluding carboxylic acids is 1. The van der Waals surface area contributed by atoms with E-state index >= 15 is 0 Å². The van der Waals surface area contributed by atoms with Crippen LogP contribution in [-0.2, 0) is 9.53 Å². The van der Waals surface area contributed by atoms with E-state index in [4.69, 9.17) is 4.74 Å². The van der Waals surface area contributed by atoms with Gasteiger partial charge in [0.15, 0.2) is 6.04 Å². The number of aliphatic carboxylic acids is 1. The number of carboxylic acids is 1. The second-order valence-corrected chi connectivity index (χ2v) is 3.81. The van der Waals surface area contributed by atoms with Crippen LogP contribution in [0.4, 0.5) is 4.79 Å². The highest BCUT2D eigenvalue weighted by molar-refractivity contribution is 5.81. The van der Waals surface area contributed by atoms with Gasteiger partial charge in [0.1, 0.15) is 12.4 Å². The molecule has 0 aromatic heterocycles. The maximum Gasteiger partial charge on any atom is 0.410 e. The summed E-state index contributed by atoms with van der Waals surface area (Å²) in [5, 5.41) is 18.6. The van der Waals surface area contributed by atoms with E-state index in [0.29, 0.717) is 0 Å². The average Bonchev–Trinajstić information content (AvgIpc) is 2.35. The highest BCUT2D eigenvalue weighted by Gasteiger charge is 2.29. The molecule has 0 aliphatic carbocycles. The van der Waals surface area contributed by atoms with Gasteiger partial charge >= 0.3 is 12.1 Å². The molecule has 1 aromatic rings. The average molecular weight is 265 g/mol. The van der Waals surface area contributed by atoms with E-state index in [1.54, 1.807) is 0 Å². The second-order valence-electron chi connectivity index (χ2n) is 3.81. The summed E-state index contributed by atoms with van der Waals surface area (Å²) < 4.78 is 4.78. The molecule has 0 fully saturated rings. The molecule has 0 radical (unpaired) electrons. The molecule has 1 amide bonds. The lowest BCUT2D eigenvalue weighted by Gasteiger charge is -2.24. The number of hydrogen-bond donors (Lipinski definition) is 2. The van der Waals surface area contributed by atoms with Crippen LogP contribution in [0, 0.1) is 0 Å². The normalized spacial score (nSPS) is 11.4. The molecular formula is C13H15NO5. The van der Waals surface area contributed by atoms with Crippen molar-refractivity contribution in [2.75, 3.05) is 13.7 Å². The number of carboxylic acid groups (broad SMARTS) is 1. The Morgan fingerprint density at radius 3 is 2.74 bits per heavy atom. The first kappa shape index (κ1) is 14.6. The summed E-state index contributed by atoms with van der Waals surface area (Å²) in [6.45, 7) is 3.39. The van der Waals surface area contributed by atoms with Gasteiger partial charge in [-0.05, 0) is 17.7 Å². The van der Waals surface area contributed by atoms with Gasteiger partial charge < -0.3 is 14.9 Å². The minimum absolute atomic E-state index is 0.00441. The van der Waals surface area contributed by atoms with Crippen LogP contribution >= 0.6 is 0 Å². The fourth-order valence-corrected chi connectivity index (χ4v) is 1.56. The Balaban J connectivity index is 2.97. The minimum Gasteiger partial charge on any atom is -0.508 e. The zero-order valence-corrected chi connectivity index (χ0v) is 10.4. The highest BCUT2D eigenvalue weighted by Crippen LogP contribution is 2.23. The highest BCUT2D eigenvalue weighted by atomic mass is 16.6. The number of likely N-dealkylation sites (N-methyl/N-ethyl adjacent to an activating group) is 1. The molecular weight excluding hydrogens is 250 g/mol. The lowest BCUT2D eigenvalue weighted by molar-refractivity contribution is -0.142. The summed E-state index contributed by atoms with van der Waals surface area (Å²) in [5.74, 6) is -1.29. The third-order valence-corrected chi connectivity index (χ3v) is 2.42. The largest absolute Gasteiger partial charge is 0.508 e. The standard InChI is InChI=1S/C13H15NO5/c1-3-7-19-13(18)14(2)11(12(16)17)9-5-4-6-10(15)8-9/h3-6,8,11,15H,1,7H2,2H3,(H,16,17). The molecule has 102 valence electrons. The number of benzene rings is 1. The fraction of sp³-hybridized carbons (Fsp3) is 0.231. The van der Waals surface area contributed by atoms with Crippen molar-refractivity contribution in [3.05, 3.63) is 42.5 Å². The van der Waals surface area contributed by atoms with Gasteiger partial charge in [-0.25, -0.2) is 9.59 Å². The van der Waals surface area contributed by atoms with Crippen molar-refractivity contribution in [3.63, 3.8) is 0 Å². The van der Waals surface area contributed by atoms with E-state index in [-0.39, 0.29) is 17.9 Å². The molecule has 0 saturated heterocycles. The molecule has 1 unspecified atom stereocenters. The van der Waals surface area contributed by atoms with Crippen LogP contribution in [0.15, 0.2) is 36.9 Å². The Morgan fingerprint density at radius 1 is 1.53 bits per heavy atom. The molecule has 19 heavy (non-hydrogen) atoms. The third-order valence-electron chi connectivity index (χ3n) is 2.42. The predicted molar refractivity (Wildman–Crippen MR) is 67.8 cm³/mol. The number of aromatic hydroxyl groups is 1. The van der Waals surface area contributed by atoms with Gasteiger partial charge in [-0.15, -0.1) is 0 Å². The van der Waals surface area contributed by atoms with Crippen LogP contribution in [0.1, 0.15) is 11.6 Å². The number of phenolic OH excluding ortho intramolecular Hbond substituents is 1. The quantitative estimate of drug-likeness (QED) is 0.792. The van der Waals surface area contributed by atoms with Crippen LogP contribution < -0.4 is 0 Å². The van der Waals surface area contributed by atoms with Crippen LogP contribution in [0.25, 0.3) is 0 Å². The summed E-state index contributed by atoms with van der Waals surface area (Å²) in [7, 11) is 1.31. The Labute approximate surface area is 110 Å². The van der Waals surface area contributed by atoms with Gasteiger partial charge in [-0.1, -0.05) is 24.8 Å². The molecule has 0 aliphatic heterocycles. The van der Waals surface area contributed by atoms with E-state index < -0.39 is 18.1 Å². The van der Waals surface area contributed by atoms with Gasteiger partial charge in [-0.2, -0.15) is 0 Å². The van der Waals surface area contributed by atoms with Gasteiger partial charge in [-0.3, -0.25) is 4.90 Å². The van der Waals surface area contributed by atoms with E-state index in [2.05, 4.69) is 6.58 Å². The fourth-order valence-electron chi connectivity index (χ4n) is 1.56. The van der Waals surface area contributed by atoms with Crippen LogP contribution in [0.5, 0.6) is 5.75 Å². The lowest BCUT2D eigenvalue weighted by atomic mass is 10.1. The number of hydrogen-bond acceptors (Lipinski definition) is 4. The monoisotopic (exact) mass is 265 g/mol. The SMILES string of the molecule is C=CCOC(=O)N(C)C(C(=O)O)c1cccc(O)c1. The van der Waals surface area contributed by atoms with Crippen molar-refractivity contribution < 1.29 is 24.5 Å². The maximum atomic E-state index is 11.6. The topological polar surface area (TPSA) is 87.1 Å². The number of carbonyl (C=O) groups is 2. The number of rotatable bonds is 5. The molecule has 0 aliphatic rings. The van der Waals surface area contributed by atoms with Crippen molar-refractivity contribution in [2.45, 2.75) is 6.04 Å². The van der Waals surface area contributed by atoms with Crippen LogP contribution in [0.2, 0.25) is 0 Å². The molecule has 0 heterocycles. The first-order valence-electron chi connectivity index (χ1n) is 5.49. The predicted octanol–water partition coefficient (Wildman–Crippen LogP) is 1.77. The Hall–Kier alpha value is -2.50. The van der Waals surface area contributed by atoms with Gasteiger partial charge in [0.25, 0.3) is 0 Å². The first-order chi connectivity index (χ1) is 8.97. The number of ether oxygens (including phenoxy) is 1. The molecule has 6 nitrogen and oxygen atoms in total. The molecule has 1 aromatic carbocycles. The minimum atomic E-state index is -1.23. The Bertz CT molecular complexity index is 486.